The van der Waals surface area contributed by atoms with E-state index in [1.54, 1.807) is 19.1 Å². The minimum atomic E-state index is 0. The molecule has 0 aliphatic rings. The standard InChI is InChI=1S/C22H28N2OS.2H2O.H2/c1-16(2)14-23(4)15-18-7-6-8-20-19(18)11-12-24(20)26-22-13-17(3)9-10-21(22)25-5;;;/h6-13,16H,14-15H2,1-5H3;2*1H2;1H. The van der Waals surface area contributed by atoms with Crippen molar-refractivity contribution < 1.29 is 17.1 Å². The van der Waals surface area contributed by atoms with Gasteiger partial charge in [0.1, 0.15) is 5.75 Å². The minimum absolute atomic E-state index is 0. The Balaban J connectivity index is 0.00000261. The second-order valence-electron chi connectivity index (χ2n) is 7.33. The molecule has 4 N–H and O–H groups in total. The average Bonchev–Trinajstić information content (AvgIpc) is 2.98. The zero-order valence-corrected chi connectivity index (χ0v) is 18.1. The van der Waals surface area contributed by atoms with Crippen molar-refractivity contribution in [2.24, 2.45) is 5.92 Å². The minimum Gasteiger partial charge on any atom is -0.496 e. The van der Waals surface area contributed by atoms with Gasteiger partial charge < -0.3 is 20.6 Å². The van der Waals surface area contributed by atoms with Crippen molar-refractivity contribution in [2.45, 2.75) is 32.2 Å². The quantitative estimate of drug-likeness (QED) is 0.590. The summed E-state index contributed by atoms with van der Waals surface area (Å²) < 4.78 is 7.77. The summed E-state index contributed by atoms with van der Waals surface area (Å²) >= 11 is 1.71. The van der Waals surface area contributed by atoms with E-state index >= 15 is 0 Å². The van der Waals surface area contributed by atoms with Gasteiger partial charge in [0.25, 0.3) is 0 Å². The molecule has 0 saturated carbocycles. The Morgan fingerprint density at radius 1 is 1.14 bits per heavy atom. The van der Waals surface area contributed by atoms with Gasteiger partial charge in [-0.2, -0.15) is 0 Å². The van der Waals surface area contributed by atoms with Gasteiger partial charge in [0, 0.05) is 26.1 Å². The predicted molar refractivity (Wildman–Crippen MR) is 121 cm³/mol. The molecule has 6 heteroatoms. The number of aryl methyl sites for hydroxylation is 1. The van der Waals surface area contributed by atoms with Crippen LogP contribution in [0.1, 0.15) is 26.4 Å². The van der Waals surface area contributed by atoms with Gasteiger partial charge in [-0.1, -0.05) is 32.0 Å². The van der Waals surface area contributed by atoms with E-state index in [2.05, 4.69) is 79.3 Å². The highest BCUT2D eigenvalue weighted by Crippen LogP contribution is 2.34. The van der Waals surface area contributed by atoms with Crippen molar-refractivity contribution in [3.05, 3.63) is 59.8 Å². The summed E-state index contributed by atoms with van der Waals surface area (Å²) in [4.78, 5) is 3.53. The highest BCUT2D eigenvalue weighted by atomic mass is 32.2. The molecule has 2 aromatic carbocycles. The van der Waals surface area contributed by atoms with E-state index < -0.39 is 0 Å². The van der Waals surface area contributed by atoms with Gasteiger partial charge in [-0.05, 0) is 67.2 Å². The van der Waals surface area contributed by atoms with Crippen LogP contribution in [0, 0.1) is 12.8 Å². The van der Waals surface area contributed by atoms with Crippen LogP contribution in [0.5, 0.6) is 5.75 Å². The Kier molecular flexibility index (Phi) is 9.04. The molecule has 3 rings (SSSR count). The van der Waals surface area contributed by atoms with Crippen LogP contribution in [0.4, 0.5) is 0 Å². The molecule has 0 bridgehead atoms. The van der Waals surface area contributed by atoms with Gasteiger partial charge >= 0.3 is 0 Å². The molecule has 0 amide bonds. The van der Waals surface area contributed by atoms with Crippen molar-refractivity contribution >= 4 is 22.9 Å². The first-order valence-corrected chi connectivity index (χ1v) is 9.85. The maximum Gasteiger partial charge on any atom is 0.134 e. The van der Waals surface area contributed by atoms with Crippen LogP contribution in [0.15, 0.2) is 53.6 Å². The first-order valence-electron chi connectivity index (χ1n) is 9.08. The predicted octanol–water partition coefficient (Wildman–Crippen LogP) is 4.20. The van der Waals surface area contributed by atoms with Crippen molar-refractivity contribution in [2.75, 3.05) is 20.7 Å². The number of methoxy groups -OCH3 is 1. The molecule has 1 aromatic heterocycles. The number of nitrogens with zero attached hydrogens (tertiary/aromatic N) is 2. The highest BCUT2D eigenvalue weighted by Gasteiger charge is 2.11. The van der Waals surface area contributed by atoms with Gasteiger partial charge in [0.2, 0.25) is 0 Å². The summed E-state index contributed by atoms with van der Waals surface area (Å²) in [6, 6.07) is 15.1. The van der Waals surface area contributed by atoms with E-state index in [4.69, 9.17) is 4.74 Å². The Morgan fingerprint density at radius 3 is 2.57 bits per heavy atom. The second kappa shape index (κ2) is 10.5. The molecule has 0 atom stereocenters. The summed E-state index contributed by atoms with van der Waals surface area (Å²) in [5.41, 5.74) is 3.86. The average molecular weight is 407 g/mol. The summed E-state index contributed by atoms with van der Waals surface area (Å²) in [6.45, 7) is 8.71. The fraction of sp³-hybridized carbons (Fsp3) is 0.364. The van der Waals surface area contributed by atoms with E-state index in [0.29, 0.717) is 5.92 Å². The Labute approximate surface area is 173 Å². The number of fused-ring (bicyclic) bond motifs is 1. The summed E-state index contributed by atoms with van der Waals surface area (Å²) in [6.07, 6.45) is 2.16. The SMILES string of the molecule is COc1ccc(C)cc1Sn1ccc2c(CN(C)CC(C)C)cccc21.O.O.[HH]. The lowest BCUT2D eigenvalue weighted by Gasteiger charge is -2.19. The molecule has 156 valence electrons. The fourth-order valence-corrected chi connectivity index (χ4v) is 4.44. The van der Waals surface area contributed by atoms with Gasteiger partial charge in [-0.15, -0.1) is 0 Å². The molecule has 0 aliphatic heterocycles. The normalized spacial score (nSPS) is 10.8. The molecule has 0 fully saturated rings. The van der Waals surface area contributed by atoms with E-state index in [9.17, 15) is 0 Å². The van der Waals surface area contributed by atoms with Crippen LogP contribution in [0.25, 0.3) is 10.9 Å². The van der Waals surface area contributed by atoms with Crippen molar-refractivity contribution in [3.8, 4) is 5.75 Å². The first kappa shape index (κ1) is 24.0. The zero-order chi connectivity index (χ0) is 18.7. The van der Waals surface area contributed by atoms with E-state index in [1.165, 1.54) is 22.0 Å². The molecule has 0 radical (unpaired) electrons. The Bertz CT molecular complexity index is 899. The van der Waals surface area contributed by atoms with Crippen molar-refractivity contribution in [1.29, 1.82) is 0 Å². The molecule has 0 spiro atoms. The molecule has 1 heterocycles. The van der Waals surface area contributed by atoms with Gasteiger partial charge in [0.15, 0.2) is 0 Å². The maximum absolute atomic E-state index is 5.53. The maximum atomic E-state index is 5.53. The topological polar surface area (TPSA) is 80.4 Å². The van der Waals surface area contributed by atoms with E-state index in [1.807, 2.05) is 6.07 Å². The summed E-state index contributed by atoms with van der Waals surface area (Å²) in [7, 11) is 3.92. The van der Waals surface area contributed by atoms with Crippen LogP contribution >= 0.6 is 11.9 Å². The Morgan fingerprint density at radius 2 is 1.89 bits per heavy atom. The van der Waals surface area contributed by atoms with Crippen LogP contribution in [0.3, 0.4) is 0 Å². The molecule has 0 unspecified atom stereocenters. The van der Waals surface area contributed by atoms with Crippen LogP contribution in [0.2, 0.25) is 0 Å². The first-order chi connectivity index (χ1) is 12.5. The fourth-order valence-electron chi connectivity index (χ4n) is 3.36. The highest BCUT2D eigenvalue weighted by molar-refractivity contribution is 7.98. The molecule has 28 heavy (non-hydrogen) atoms. The number of ether oxygens (including phenoxy) is 1. The van der Waals surface area contributed by atoms with Crippen molar-refractivity contribution in [3.63, 3.8) is 0 Å². The molecule has 3 aromatic rings. The third-order valence-electron chi connectivity index (χ3n) is 4.42. The Hall–Kier alpha value is -1.99. The van der Waals surface area contributed by atoms with Gasteiger partial charge in [0.05, 0.1) is 17.5 Å². The number of benzene rings is 2. The van der Waals surface area contributed by atoms with Crippen LogP contribution in [-0.4, -0.2) is 40.5 Å². The number of hydrogen-bond acceptors (Lipinski definition) is 3. The molecule has 0 saturated heterocycles. The summed E-state index contributed by atoms with van der Waals surface area (Å²) in [5, 5.41) is 1.32. The second-order valence-corrected chi connectivity index (χ2v) is 8.34. The monoisotopic (exact) mass is 406 g/mol. The van der Waals surface area contributed by atoms with E-state index in [-0.39, 0.29) is 12.4 Å². The zero-order valence-electron chi connectivity index (χ0n) is 17.3. The summed E-state index contributed by atoms with van der Waals surface area (Å²) in [5.74, 6) is 1.59. The smallest absolute Gasteiger partial charge is 0.134 e. The van der Waals surface area contributed by atoms with Crippen LogP contribution < -0.4 is 4.74 Å². The lowest BCUT2D eigenvalue weighted by Crippen LogP contribution is -2.22. The molecule has 5 nitrogen and oxygen atoms in total. The third-order valence-corrected chi connectivity index (χ3v) is 5.45. The van der Waals surface area contributed by atoms with Crippen molar-refractivity contribution in [1.82, 2.24) is 8.87 Å². The lowest BCUT2D eigenvalue weighted by molar-refractivity contribution is 0.289. The van der Waals surface area contributed by atoms with E-state index in [0.717, 1.165) is 23.7 Å². The number of hydrogen-bond donors (Lipinski definition) is 0. The largest absolute Gasteiger partial charge is 0.496 e. The third kappa shape index (κ3) is 5.52. The molecular weight excluding hydrogens is 372 g/mol. The molecular formula is C22H34N2O3S. The van der Waals surface area contributed by atoms with Gasteiger partial charge in [-0.25, -0.2) is 0 Å². The lowest BCUT2D eigenvalue weighted by atomic mass is 10.1. The number of rotatable bonds is 7. The van der Waals surface area contributed by atoms with Crippen LogP contribution in [-0.2, 0) is 6.54 Å². The van der Waals surface area contributed by atoms with Gasteiger partial charge in [-0.3, -0.25) is 3.97 Å². The molecule has 0 aliphatic carbocycles. The number of aromatic nitrogens is 1.